The Labute approximate surface area is 143 Å². The van der Waals surface area contributed by atoms with Gasteiger partial charge >= 0.3 is 11.9 Å². The topological polar surface area (TPSA) is 65.1 Å². The van der Waals surface area contributed by atoms with Crippen molar-refractivity contribution in [3.05, 3.63) is 29.3 Å². The van der Waals surface area contributed by atoms with Crippen LogP contribution in [0.15, 0.2) is 18.2 Å². The van der Waals surface area contributed by atoms with E-state index < -0.39 is 5.60 Å². The fourth-order valence-corrected chi connectivity index (χ4v) is 2.31. The van der Waals surface area contributed by atoms with Crippen molar-refractivity contribution in [3.8, 4) is 5.75 Å². The van der Waals surface area contributed by atoms with E-state index in [2.05, 4.69) is 0 Å². The van der Waals surface area contributed by atoms with Gasteiger partial charge in [0, 0.05) is 12.0 Å². The highest BCUT2D eigenvalue weighted by atomic mass is 16.6. The van der Waals surface area contributed by atoms with Gasteiger partial charge < -0.3 is 14.2 Å². The van der Waals surface area contributed by atoms with E-state index in [-0.39, 0.29) is 24.5 Å². The second-order valence-electron chi connectivity index (χ2n) is 6.62. The molecule has 1 atom stereocenters. The van der Waals surface area contributed by atoms with Crippen LogP contribution in [-0.4, -0.2) is 25.2 Å². The van der Waals surface area contributed by atoms with Crippen LogP contribution in [0, 0.1) is 12.8 Å². The number of hydrogen-bond donors (Lipinski definition) is 0. The standard InChI is InChI=1S/C19H26O5/c1-5-6-7-17(20)22-11-19(12-23-19)15-9-8-14(4)10-16(15)24-18(21)13(2)3/h8-10,13H,5-7,11-12H2,1-4H3/t19-/m0/s1. The summed E-state index contributed by atoms with van der Waals surface area (Å²) in [6, 6.07) is 5.63. The average Bonchev–Trinajstić information content (AvgIpc) is 3.32. The molecule has 132 valence electrons. The SMILES string of the molecule is CCCCC(=O)OC[C@@]1(c2ccc(C)cc2OC(=O)C(C)C)CO1. The molecule has 0 N–H and O–H groups in total. The maximum absolute atomic E-state index is 12.0. The molecule has 1 fully saturated rings. The predicted octanol–water partition coefficient (Wildman–Crippen LogP) is 3.52. The van der Waals surface area contributed by atoms with Gasteiger partial charge in [-0.25, -0.2) is 0 Å². The fraction of sp³-hybridized carbons (Fsp3) is 0.579. The second-order valence-corrected chi connectivity index (χ2v) is 6.62. The number of aryl methyl sites for hydroxylation is 1. The normalized spacial score (nSPS) is 19.2. The highest BCUT2D eigenvalue weighted by molar-refractivity contribution is 5.75. The fourth-order valence-electron chi connectivity index (χ4n) is 2.31. The zero-order valence-corrected chi connectivity index (χ0v) is 14.9. The molecule has 0 bridgehead atoms. The van der Waals surface area contributed by atoms with Crippen LogP contribution in [0.25, 0.3) is 0 Å². The highest BCUT2D eigenvalue weighted by Crippen LogP contribution is 2.44. The molecule has 5 heteroatoms. The van der Waals surface area contributed by atoms with Crippen molar-refractivity contribution in [1.82, 2.24) is 0 Å². The van der Waals surface area contributed by atoms with Crippen LogP contribution in [-0.2, 0) is 24.7 Å². The number of esters is 2. The lowest BCUT2D eigenvalue weighted by Crippen LogP contribution is -2.23. The van der Waals surface area contributed by atoms with E-state index in [0.717, 1.165) is 24.0 Å². The number of carbonyl (C=O) groups excluding carboxylic acids is 2. The summed E-state index contributed by atoms with van der Waals surface area (Å²) in [5.41, 5.74) is 1.05. The van der Waals surface area contributed by atoms with E-state index >= 15 is 0 Å². The smallest absolute Gasteiger partial charge is 0.313 e. The molecule has 24 heavy (non-hydrogen) atoms. The number of benzene rings is 1. The first-order chi connectivity index (χ1) is 11.4. The van der Waals surface area contributed by atoms with Crippen molar-refractivity contribution >= 4 is 11.9 Å². The summed E-state index contributed by atoms with van der Waals surface area (Å²) < 4.78 is 16.5. The van der Waals surface area contributed by atoms with E-state index in [4.69, 9.17) is 14.2 Å². The molecule has 0 aliphatic carbocycles. The first kappa shape index (κ1) is 18.5. The first-order valence-corrected chi connectivity index (χ1v) is 8.50. The van der Waals surface area contributed by atoms with Gasteiger partial charge in [-0.3, -0.25) is 9.59 Å². The second kappa shape index (κ2) is 7.79. The van der Waals surface area contributed by atoms with Gasteiger partial charge in [-0.1, -0.05) is 39.3 Å². The Morgan fingerprint density at radius 2 is 2.04 bits per heavy atom. The maximum Gasteiger partial charge on any atom is 0.313 e. The molecule has 1 heterocycles. The number of rotatable bonds is 8. The van der Waals surface area contributed by atoms with Crippen molar-refractivity contribution in [2.24, 2.45) is 5.92 Å². The minimum Gasteiger partial charge on any atom is -0.462 e. The number of unbranched alkanes of at least 4 members (excludes halogenated alkanes) is 1. The van der Waals surface area contributed by atoms with Crippen LogP contribution in [0.2, 0.25) is 0 Å². The molecule has 0 amide bonds. The van der Waals surface area contributed by atoms with E-state index in [1.54, 1.807) is 13.8 Å². The van der Waals surface area contributed by atoms with Gasteiger partial charge in [0.1, 0.15) is 12.4 Å². The molecule has 0 saturated carbocycles. The number of carbonyl (C=O) groups is 2. The van der Waals surface area contributed by atoms with Crippen LogP contribution >= 0.6 is 0 Å². The number of epoxide rings is 1. The molecule has 0 aromatic heterocycles. The minimum atomic E-state index is -0.692. The Morgan fingerprint density at radius 3 is 2.62 bits per heavy atom. The van der Waals surface area contributed by atoms with Crippen molar-refractivity contribution in [2.75, 3.05) is 13.2 Å². The Bertz CT molecular complexity index is 602. The Kier molecular flexibility index (Phi) is 5.99. The Morgan fingerprint density at radius 1 is 1.33 bits per heavy atom. The molecule has 1 saturated heterocycles. The lowest BCUT2D eigenvalue weighted by atomic mass is 9.98. The molecule has 0 radical (unpaired) electrons. The van der Waals surface area contributed by atoms with Gasteiger partial charge in [0.25, 0.3) is 0 Å². The summed E-state index contributed by atoms with van der Waals surface area (Å²) in [6.45, 7) is 8.13. The maximum atomic E-state index is 12.0. The number of hydrogen-bond acceptors (Lipinski definition) is 5. The van der Waals surface area contributed by atoms with Crippen molar-refractivity contribution in [1.29, 1.82) is 0 Å². The third-order valence-corrected chi connectivity index (χ3v) is 4.00. The third-order valence-electron chi connectivity index (χ3n) is 4.00. The van der Waals surface area contributed by atoms with Gasteiger partial charge in [0.2, 0.25) is 0 Å². The monoisotopic (exact) mass is 334 g/mol. The molecule has 1 aromatic rings. The molecular weight excluding hydrogens is 308 g/mol. The van der Waals surface area contributed by atoms with Gasteiger partial charge in [0.15, 0.2) is 5.60 Å². The van der Waals surface area contributed by atoms with Crippen molar-refractivity contribution in [2.45, 2.75) is 52.6 Å². The van der Waals surface area contributed by atoms with Gasteiger partial charge in [-0.05, 0) is 25.0 Å². The minimum absolute atomic E-state index is 0.144. The quantitative estimate of drug-likeness (QED) is 0.413. The summed E-state index contributed by atoms with van der Waals surface area (Å²) in [4.78, 5) is 23.7. The molecule has 1 aliphatic rings. The van der Waals surface area contributed by atoms with E-state index in [1.807, 2.05) is 32.0 Å². The van der Waals surface area contributed by atoms with Crippen molar-refractivity contribution < 1.29 is 23.8 Å². The predicted molar refractivity (Wildman–Crippen MR) is 89.8 cm³/mol. The lowest BCUT2D eigenvalue weighted by molar-refractivity contribution is -0.146. The van der Waals surface area contributed by atoms with E-state index in [1.165, 1.54) is 0 Å². The average molecular weight is 334 g/mol. The Hall–Kier alpha value is -1.88. The Balaban J connectivity index is 2.12. The summed E-state index contributed by atoms with van der Waals surface area (Å²) in [6.07, 6.45) is 2.17. The molecular formula is C19H26O5. The molecule has 5 nitrogen and oxygen atoms in total. The summed E-state index contributed by atoms with van der Waals surface area (Å²) in [5, 5.41) is 0. The molecule has 0 unspecified atom stereocenters. The van der Waals surface area contributed by atoms with Gasteiger partial charge in [-0.2, -0.15) is 0 Å². The van der Waals surface area contributed by atoms with Gasteiger partial charge in [0.05, 0.1) is 12.5 Å². The molecule has 0 spiro atoms. The highest BCUT2D eigenvalue weighted by Gasteiger charge is 2.50. The summed E-state index contributed by atoms with van der Waals surface area (Å²) in [7, 11) is 0. The zero-order valence-electron chi connectivity index (χ0n) is 14.9. The first-order valence-electron chi connectivity index (χ1n) is 8.50. The van der Waals surface area contributed by atoms with Crippen LogP contribution < -0.4 is 4.74 Å². The van der Waals surface area contributed by atoms with Crippen molar-refractivity contribution in [3.63, 3.8) is 0 Å². The van der Waals surface area contributed by atoms with Crippen LogP contribution in [0.5, 0.6) is 5.75 Å². The lowest BCUT2D eigenvalue weighted by Gasteiger charge is -2.18. The van der Waals surface area contributed by atoms with E-state index in [9.17, 15) is 9.59 Å². The molecule has 1 aliphatic heterocycles. The zero-order chi connectivity index (χ0) is 17.7. The summed E-state index contributed by atoms with van der Waals surface area (Å²) >= 11 is 0. The third kappa shape index (κ3) is 4.57. The largest absolute Gasteiger partial charge is 0.462 e. The summed E-state index contributed by atoms with van der Waals surface area (Å²) in [5.74, 6) is -0.255. The molecule has 2 rings (SSSR count). The van der Waals surface area contributed by atoms with E-state index in [0.29, 0.717) is 18.8 Å². The van der Waals surface area contributed by atoms with Crippen LogP contribution in [0.1, 0.15) is 51.2 Å². The van der Waals surface area contributed by atoms with Crippen LogP contribution in [0.3, 0.4) is 0 Å². The molecule has 1 aromatic carbocycles. The number of ether oxygens (including phenoxy) is 3. The van der Waals surface area contributed by atoms with Gasteiger partial charge in [-0.15, -0.1) is 0 Å². The van der Waals surface area contributed by atoms with Crippen LogP contribution in [0.4, 0.5) is 0 Å².